The van der Waals surface area contributed by atoms with Gasteiger partial charge in [0, 0.05) is 13.2 Å². The largest absolute Gasteiger partial charge is 0.416 e. The predicted molar refractivity (Wildman–Crippen MR) is 59.8 cm³/mol. The first kappa shape index (κ1) is 13.0. The van der Waals surface area contributed by atoms with Crippen LogP contribution in [-0.2, 0) is 6.18 Å². The number of hydrogen-bond acceptors (Lipinski definition) is 3. The van der Waals surface area contributed by atoms with Gasteiger partial charge >= 0.3 is 6.18 Å². The second-order valence-electron chi connectivity index (χ2n) is 2.89. The third kappa shape index (κ3) is 3.23. The molecule has 1 rings (SSSR count). The molecule has 2 nitrogen and oxygen atoms in total. The summed E-state index contributed by atoms with van der Waals surface area (Å²) in [5.74, 6) is 0.741. The quantitative estimate of drug-likeness (QED) is 0.593. The third-order valence-corrected chi connectivity index (χ3v) is 2.74. The van der Waals surface area contributed by atoms with E-state index in [1.807, 2.05) is 6.92 Å². The van der Waals surface area contributed by atoms with Crippen molar-refractivity contribution >= 4 is 16.8 Å². The normalized spacial score (nSPS) is 12.9. The van der Waals surface area contributed by atoms with Gasteiger partial charge in [-0.05, 0) is 17.9 Å². The average Bonchev–Trinajstić information content (AvgIpc) is 2.25. The molecule has 0 unspecified atom stereocenters. The summed E-state index contributed by atoms with van der Waals surface area (Å²) in [7, 11) is 1.54. The first-order chi connectivity index (χ1) is 7.49. The Morgan fingerprint density at radius 1 is 1.50 bits per heavy atom. The second-order valence-corrected chi connectivity index (χ2v) is 4.14. The van der Waals surface area contributed by atoms with Crippen LogP contribution in [0.1, 0.15) is 18.2 Å². The van der Waals surface area contributed by atoms with Crippen LogP contribution in [-0.4, -0.2) is 22.8 Å². The highest BCUT2D eigenvalue weighted by Gasteiger charge is 2.31. The van der Waals surface area contributed by atoms with Gasteiger partial charge < -0.3 is 0 Å². The Labute approximate surface area is 96.0 Å². The molecule has 0 atom stereocenters. The summed E-state index contributed by atoms with van der Waals surface area (Å²) in [4.78, 5) is 7.81. The van der Waals surface area contributed by atoms with Gasteiger partial charge in [0.05, 0.1) is 11.3 Å². The van der Waals surface area contributed by atoms with Gasteiger partial charge in [0.15, 0.2) is 0 Å². The molecule has 0 N–H and O–H groups in total. The minimum absolute atomic E-state index is 0.268. The van der Waals surface area contributed by atoms with Crippen LogP contribution < -0.4 is 0 Å². The van der Waals surface area contributed by atoms with Gasteiger partial charge in [-0.2, -0.15) is 13.2 Å². The van der Waals surface area contributed by atoms with Crippen LogP contribution in [0.5, 0.6) is 0 Å². The van der Waals surface area contributed by atoms with Crippen LogP contribution in [0.4, 0.5) is 13.2 Å². The second kappa shape index (κ2) is 5.34. The van der Waals surface area contributed by atoms with E-state index in [1.165, 1.54) is 11.8 Å². The zero-order valence-corrected chi connectivity index (χ0v) is 9.69. The molecule has 0 bridgehead atoms. The van der Waals surface area contributed by atoms with Crippen LogP contribution in [0.15, 0.2) is 23.3 Å². The van der Waals surface area contributed by atoms with Crippen LogP contribution >= 0.6 is 11.8 Å². The lowest BCUT2D eigenvalue weighted by Crippen LogP contribution is -2.08. The van der Waals surface area contributed by atoms with E-state index in [2.05, 4.69) is 9.98 Å². The molecule has 0 aromatic carbocycles. The molecular weight excluding hydrogens is 237 g/mol. The molecule has 0 amide bonds. The van der Waals surface area contributed by atoms with Gasteiger partial charge in [0.25, 0.3) is 0 Å². The van der Waals surface area contributed by atoms with Gasteiger partial charge in [-0.1, -0.05) is 6.92 Å². The number of hydrogen-bond donors (Lipinski definition) is 0. The molecule has 0 aliphatic rings. The van der Waals surface area contributed by atoms with Gasteiger partial charge in [-0.15, -0.1) is 11.8 Å². The van der Waals surface area contributed by atoms with Crippen molar-refractivity contribution in [2.24, 2.45) is 4.99 Å². The average molecular weight is 248 g/mol. The summed E-state index contributed by atoms with van der Waals surface area (Å²) in [6.45, 7) is 1.91. The Hall–Kier alpha value is -1.04. The number of pyridine rings is 1. The smallest absolute Gasteiger partial charge is 0.280 e. The SMILES string of the molecule is CCS/C(=N/C)c1cc(C(F)(F)F)ccn1. The highest BCUT2D eigenvalue weighted by atomic mass is 32.2. The molecule has 0 spiro atoms. The molecule has 0 saturated heterocycles. The molecule has 1 heterocycles. The lowest BCUT2D eigenvalue weighted by molar-refractivity contribution is -0.137. The monoisotopic (exact) mass is 248 g/mol. The van der Waals surface area contributed by atoms with Gasteiger partial charge in [0.1, 0.15) is 5.04 Å². The maximum atomic E-state index is 12.4. The van der Waals surface area contributed by atoms with Crippen molar-refractivity contribution in [1.82, 2.24) is 4.98 Å². The fourth-order valence-electron chi connectivity index (χ4n) is 1.11. The number of nitrogens with zero attached hydrogens (tertiary/aromatic N) is 2. The maximum absolute atomic E-state index is 12.4. The van der Waals surface area contributed by atoms with E-state index in [0.717, 1.165) is 24.1 Å². The third-order valence-electron chi connectivity index (χ3n) is 1.79. The summed E-state index contributed by atoms with van der Waals surface area (Å²) in [6, 6.07) is 1.97. The van der Waals surface area contributed by atoms with Crippen LogP contribution in [0.2, 0.25) is 0 Å². The summed E-state index contributed by atoms with van der Waals surface area (Å²) in [5.41, 5.74) is -0.431. The fraction of sp³-hybridized carbons (Fsp3) is 0.400. The molecule has 1 aromatic heterocycles. The Morgan fingerprint density at radius 2 is 2.19 bits per heavy atom. The number of halogens is 3. The summed E-state index contributed by atoms with van der Waals surface area (Å²) in [6.07, 6.45) is -3.19. The molecule has 0 fully saturated rings. The van der Waals surface area contributed by atoms with Crippen molar-refractivity contribution in [1.29, 1.82) is 0 Å². The number of alkyl halides is 3. The van der Waals surface area contributed by atoms with Crippen LogP contribution in [0.25, 0.3) is 0 Å². The molecule has 88 valence electrons. The number of rotatable bonds is 2. The van der Waals surface area contributed by atoms with Crippen molar-refractivity contribution in [3.63, 3.8) is 0 Å². The van der Waals surface area contributed by atoms with E-state index in [-0.39, 0.29) is 5.69 Å². The van der Waals surface area contributed by atoms with Crippen molar-refractivity contribution < 1.29 is 13.2 Å². The minimum Gasteiger partial charge on any atom is -0.280 e. The number of aromatic nitrogens is 1. The van der Waals surface area contributed by atoms with Crippen molar-refractivity contribution in [2.45, 2.75) is 13.1 Å². The van der Waals surface area contributed by atoms with Gasteiger partial charge in [-0.3, -0.25) is 9.98 Å². The predicted octanol–water partition coefficient (Wildman–Crippen LogP) is 3.23. The van der Waals surface area contributed by atoms with Crippen molar-refractivity contribution in [3.8, 4) is 0 Å². The van der Waals surface area contributed by atoms with Crippen molar-refractivity contribution in [2.75, 3.05) is 12.8 Å². The molecular formula is C10H11F3N2S. The molecule has 0 aliphatic heterocycles. The first-order valence-corrected chi connectivity index (χ1v) is 5.60. The molecule has 6 heteroatoms. The maximum Gasteiger partial charge on any atom is 0.416 e. The standard InChI is InChI=1S/C10H11F3N2S/c1-3-16-9(14-2)8-6-7(4-5-15-8)10(11,12)13/h4-6H,3H2,1-2H3/b14-9+. The minimum atomic E-state index is -4.34. The van der Waals surface area contributed by atoms with Crippen LogP contribution in [0, 0.1) is 0 Å². The van der Waals surface area contributed by atoms with E-state index >= 15 is 0 Å². The van der Waals surface area contributed by atoms with E-state index in [1.54, 1.807) is 7.05 Å². The zero-order valence-electron chi connectivity index (χ0n) is 8.88. The number of thioether (sulfide) groups is 1. The van der Waals surface area contributed by atoms with Gasteiger partial charge in [-0.25, -0.2) is 0 Å². The number of aliphatic imine (C=N–C) groups is 1. The summed E-state index contributed by atoms with van der Waals surface area (Å²) < 4.78 is 37.3. The molecule has 0 saturated carbocycles. The highest BCUT2D eigenvalue weighted by molar-refractivity contribution is 8.14. The van der Waals surface area contributed by atoms with E-state index in [9.17, 15) is 13.2 Å². The first-order valence-electron chi connectivity index (χ1n) is 4.62. The lowest BCUT2D eigenvalue weighted by atomic mass is 10.2. The zero-order chi connectivity index (χ0) is 12.2. The Kier molecular flexibility index (Phi) is 4.35. The van der Waals surface area contributed by atoms with E-state index in [0.29, 0.717) is 5.04 Å². The lowest BCUT2D eigenvalue weighted by Gasteiger charge is -2.08. The van der Waals surface area contributed by atoms with Crippen LogP contribution in [0.3, 0.4) is 0 Å². The molecule has 16 heavy (non-hydrogen) atoms. The Bertz CT molecular complexity index is 388. The molecule has 0 aliphatic carbocycles. The Morgan fingerprint density at radius 3 is 2.69 bits per heavy atom. The fourth-order valence-corrected chi connectivity index (χ4v) is 1.78. The molecule has 1 aromatic rings. The van der Waals surface area contributed by atoms with E-state index < -0.39 is 11.7 Å². The highest BCUT2D eigenvalue weighted by Crippen LogP contribution is 2.29. The van der Waals surface area contributed by atoms with Crippen molar-refractivity contribution in [3.05, 3.63) is 29.6 Å². The summed E-state index contributed by atoms with van der Waals surface area (Å²) in [5, 5.41) is 0.522. The van der Waals surface area contributed by atoms with E-state index in [4.69, 9.17) is 0 Å². The Balaban J connectivity index is 3.07. The topological polar surface area (TPSA) is 25.2 Å². The van der Waals surface area contributed by atoms with Gasteiger partial charge in [0.2, 0.25) is 0 Å². The summed E-state index contributed by atoms with van der Waals surface area (Å²) >= 11 is 1.37. The molecule has 0 radical (unpaired) electrons.